The Morgan fingerprint density at radius 2 is 1.28 bits per heavy atom. The summed E-state index contributed by atoms with van der Waals surface area (Å²) in [5.74, 6) is 0.410. The molecule has 0 atom stereocenters. The van der Waals surface area contributed by atoms with Crippen molar-refractivity contribution in [3.05, 3.63) is 0 Å². The maximum atomic E-state index is 11.9. The Labute approximate surface area is 200 Å². The van der Waals surface area contributed by atoms with Gasteiger partial charge in [-0.05, 0) is 55.4 Å². The molecule has 0 bridgehead atoms. The van der Waals surface area contributed by atoms with Crippen LogP contribution in [0, 0.1) is 0 Å². The molecule has 0 aromatic rings. The lowest BCUT2D eigenvalue weighted by atomic mass is 10.0. The molecule has 9 nitrogen and oxygen atoms in total. The molecule has 0 aliphatic rings. The zero-order valence-electron chi connectivity index (χ0n) is 21.1. The van der Waals surface area contributed by atoms with Gasteiger partial charge in [-0.15, -0.1) is 0 Å². The van der Waals surface area contributed by atoms with Crippen molar-refractivity contribution in [2.24, 2.45) is 0 Å². The Balaban J connectivity index is 4.62. The molecule has 4 N–H and O–H groups in total. The van der Waals surface area contributed by atoms with Gasteiger partial charge in [0.15, 0.2) is 8.45 Å². The largest absolute Gasteiger partial charge is 0.394 e. The summed E-state index contributed by atoms with van der Waals surface area (Å²) in [7, 11) is -0.956. The molecule has 0 rings (SSSR count). The standard InChI is InChI=1S/C21H46N3O6PS/c1-16(2)23(17(3)4)31(24(18(5)6)19(7)8)30-10-9-29-11-12-32-20(28)22-21(13-25,14-26)15-27/h16-19,25-27H,9-15H2,1-8H3,(H,22,28). The molecule has 0 spiro atoms. The minimum Gasteiger partial charge on any atom is -0.394 e. The van der Waals surface area contributed by atoms with Crippen LogP contribution in [0.4, 0.5) is 4.79 Å². The number of aliphatic hydroxyl groups excluding tert-OH is 3. The minimum absolute atomic E-state index is 0.348. The first-order chi connectivity index (χ1) is 15.0. The molecule has 0 aliphatic carbocycles. The number of carbonyl (C=O) groups is 1. The van der Waals surface area contributed by atoms with Crippen LogP contribution in [0.2, 0.25) is 0 Å². The monoisotopic (exact) mass is 499 g/mol. The third-order valence-electron chi connectivity index (χ3n) is 4.68. The molecule has 0 radical (unpaired) electrons. The van der Waals surface area contributed by atoms with Crippen molar-refractivity contribution in [2.45, 2.75) is 85.1 Å². The van der Waals surface area contributed by atoms with Gasteiger partial charge in [-0.25, -0.2) is 9.34 Å². The molecule has 0 unspecified atom stereocenters. The van der Waals surface area contributed by atoms with E-state index in [1.54, 1.807) is 0 Å². The first-order valence-electron chi connectivity index (χ1n) is 11.3. The van der Waals surface area contributed by atoms with Crippen LogP contribution in [0.3, 0.4) is 0 Å². The lowest BCUT2D eigenvalue weighted by Crippen LogP contribution is -2.56. The maximum Gasteiger partial charge on any atom is 0.279 e. The molecule has 0 saturated heterocycles. The summed E-state index contributed by atoms with van der Waals surface area (Å²) in [6, 6.07) is 1.39. The molecule has 192 valence electrons. The molecular weight excluding hydrogens is 453 g/mol. The first kappa shape index (κ1) is 32.0. The molecule has 0 fully saturated rings. The number of rotatable bonds is 17. The number of carbonyl (C=O) groups excluding carboxylic acids is 1. The Kier molecular flexibility index (Phi) is 16.6. The van der Waals surface area contributed by atoms with Crippen LogP contribution >= 0.6 is 20.2 Å². The zero-order chi connectivity index (χ0) is 24.9. The van der Waals surface area contributed by atoms with Crippen molar-refractivity contribution in [1.82, 2.24) is 14.7 Å². The fourth-order valence-corrected chi connectivity index (χ4v) is 6.23. The molecule has 0 aromatic heterocycles. The molecule has 0 saturated carbocycles. The summed E-state index contributed by atoms with van der Waals surface area (Å²) in [6.45, 7) is 17.1. The molecule has 32 heavy (non-hydrogen) atoms. The van der Waals surface area contributed by atoms with E-state index in [1.807, 2.05) is 0 Å². The highest BCUT2D eigenvalue weighted by Gasteiger charge is 2.34. The smallest absolute Gasteiger partial charge is 0.279 e. The number of hydrogen-bond acceptors (Lipinski definition) is 9. The average molecular weight is 500 g/mol. The second-order valence-corrected chi connectivity index (χ2v) is 11.6. The van der Waals surface area contributed by atoms with Crippen LogP contribution in [0.1, 0.15) is 55.4 Å². The highest BCUT2D eigenvalue weighted by molar-refractivity contribution is 8.13. The SMILES string of the molecule is CC(C)N(C(C)C)P(OCCOCCSC(=O)NC(CO)(CO)CO)N(C(C)C)C(C)C. The van der Waals surface area contributed by atoms with E-state index in [0.29, 0.717) is 49.7 Å². The number of nitrogens with one attached hydrogen (secondary N) is 1. The summed E-state index contributed by atoms with van der Waals surface area (Å²) in [6.07, 6.45) is 0. The van der Waals surface area contributed by atoms with Crippen LogP contribution in [-0.2, 0) is 9.26 Å². The lowest BCUT2D eigenvalue weighted by Gasteiger charge is -2.45. The summed E-state index contributed by atoms with van der Waals surface area (Å²) in [5, 5.41) is 29.8. The fourth-order valence-electron chi connectivity index (χ4n) is 3.23. The van der Waals surface area contributed by atoms with Gasteiger partial charge in [0.05, 0.1) is 39.6 Å². The summed E-state index contributed by atoms with van der Waals surface area (Å²) < 4.78 is 16.9. The van der Waals surface area contributed by atoms with Gasteiger partial charge in [0.2, 0.25) is 0 Å². The van der Waals surface area contributed by atoms with Gasteiger partial charge in [0, 0.05) is 29.9 Å². The topological polar surface area (TPSA) is 115 Å². The summed E-state index contributed by atoms with van der Waals surface area (Å²) in [5.41, 5.74) is -1.41. The lowest BCUT2D eigenvalue weighted by molar-refractivity contribution is 0.0520. The molecular formula is C21H46N3O6PS. The molecule has 0 aromatic carbocycles. The van der Waals surface area contributed by atoms with Crippen molar-refractivity contribution < 1.29 is 29.4 Å². The van der Waals surface area contributed by atoms with Crippen LogP contribution in [0.5, 0.6) is 0 Å². The van der Waals surface area contributed by atoms with Gasteiger partial charge in [0.1, 0.15) is 5.54 Å². The Morgan fingerprint density at radius 1 is 0.844 bits per heavy atom. The normalized spacial score (nSPS) is 13.1. The van der Waals surface area contributed by atoms with E-state index in [4.69, 9.17) is 9.26 Å². The van der Waals surface area contributed by atoms with Gasteiger partial charge < -0.3 is 29.9 Å². The quantitative estimate of drug-likeness (QED) is 0.177. The van der Waals surface area contributed by atoms with E-state index in [-0.39, 0.29) is 0 Å². The van der Waals surface area contributed by atoms with Crippen molar-refractivity contribution in [2.75, 3.05) is 45.4 Å². The zero-order valence-corrected chi connectivity index (χ0v) is 22.8. The van der Waals surface area contributed by atoms with E-state index < -0.39 is 39.0 Å². The predicted octanol–water partition coefficient (Wildman–Crippen LogP) is 2.64. The van der Waals surface area contributed by atoms with Gasteiger partial charge in [-0.2, -0.15) is 0 Å². The number of amides is 1. The van der Waals surface area contributed by atoms with Crippen molar-refractivity contribution in [3.8, 4) is 0 Å². The van der Waals surface area contributed by atoms with Crippen molar-refractivity contribution in [1.29, 1.82) is 0 Å². The van der Waals surface area contributed by atoms with Gasteiger partial charge in [-0.1, -0.05) is 11.8 Å². The number of hydrogen-bond donors (Lipinski definition) is 4. The number of thioether (sulfide) groups is 1. The average Bonchev–Trinajstić information content (AvgIpc) is 2.70. The highest BCUT2D eigenvalue weighted by atomic mass is 32.2. The first-order valence-corrected chi connectivity index (χ1v) is 13.5. The summed E-state index contributed by atoms with van der Waals surface area (Å²) >= 11 is 0.978. The van der Waals surface area contributed by atoms with Crippen LogP contribution in [0.15, 0.2) is 0 Å². The second kappa shape index (κ2) is 16.6. The van der Waals surface area contributed by atoms with Crippen LogP contribution < -0.4 is 5.32 Å². The van der Waals surface area contributed by atoms with Crippen molar-refractivity contribution in [3.63, 3.8) is 0 Å². The van der Waals surface area contributed by atoms with Gasteiger partial charge in [-0.3, -0.25) is 4.79 Å². The van der Waals surface area contributed by atoms with E-state index in [0.717, 1.165) is 11.8 Å². The number of aliphatic hydroxyl groups is 3. The number of ether oxygens (including phenoxy) is 1. The van der Waals surface area contributed by atoms with Crippen molar-refractivity contribution >= 4 is 25.5 Å². The van der Waals surface area contributed by atoms with Crippen LogP contribution in [-0.4, -0.2) is 105 Å². The Hall–Kier alpha value is -0.0300. The van der Waals surface area contributed by atoms with E-state index >= 15 is 0 Å². The molecule has 0 heterocycles. The second-order valence-electron chi connectivity index (χ2n) is 8.85. The minimum atomic E-state index is -1.41. The van der Waals surface area contributed by atoms with Gasteiger partial charge >= 0.3 is 0 Å². The summed E-state index contributed by atoms with van der Waals surface area (Å²) in [4.78, 5) is 11.9. The Morgan fingerprint density at radius 3 is 1.66 bits per heavy atom. The molecule has 1 amide bonds. The molecule has 0 aliphatic heterocycles. The molecule has 11 heteroatoms. The van der Waals surface area contributed by atoms with E-state index in [2.05, 4.69) is 70.0 Å². The maximum absolute atomic E-state index is 11.9. The van der Waals surface area contributed by atoms with E-state index in [9.17, 15) is 20.1 Å². The fraction of sp³-hybridized carbons (Fsp3) is 0.952. The third-order valence-corrected chi connectivity index (χ3v) is 8.47. The number of nitrogens with zero attached hydrogens (tertiary/aromatic N) is 2. The Bertz CT molecular complexity index is 466. The van der Waals surface area contributed by atoms with Gasteiger partial charge in [0.25, 0.3) is 5.24 Å². The van der Waals surface area contributed by atoms with E-state index in [1.165, 1.54) is 0 Å². The third kappa shape index (κ3) is 10.9. The highest BCUT2D eigenvalue weighted by Crippen LogP contribution is 2.50. The van der Waals surface area contributed by atoms with Crippen LogP contribution in [0.25, 0.3) is 0 Å². The predicted molar refractivity (Wildman–Crippen MR) is 133 cm³/mol.